The number of aliphatic hydroxyl groups excluding tert-OH is 1. The van der Waals surface area contributed by atoms with Gasteiger partial charge in [0.1, 0.15) is 23.7 Å². The molecule has 2 aliphatic rings. The van der Waals surface area contributed by atoms with Gasteiger partial charge in [-0.15, -0.1) is 0 Å². The van der Waals surface area contributed by atoms with Crippen LogP contribution in [-0.4, -0.2) is 41.4 Å². The number of nitrogens with zero attached hydrogens (tertiary/aromatic N) is 2. The SMILES string of the molecule is OCC1(CNc2cc(NCCc3cccc(OC(F)F)c3)ncn2)CC2CC2C1. The van der Waals surface area contributed by atoms with Gasteiger partial charge in [-0.3, -0.25) is 0 Å². The summed E-state index contributed by atoms with van der Waals surface area (Å²) in [6.07, 6.45) is 5.64. The number of aromatic nitrogens is 2. The van der Waals surface area contributed by atoms with Gasteiger partial charge in [-0.05, 0) is 55.2 Å². The average Bonchev–Trinajstić information content (AvgIpc) is 3.33. The van der Waals surface area contributed by atoms with Gasteiger partial charge in [-0.25, -0.2) is 9.97 Å². The number of aliphatic hydroxyl groups is 1. The summed E-state index contributed by atoms with van der Waals surface area (Å²) in [5, 5.41) is 16.4. The number of ether oxygens (including phenoxy) is 1. The van der Waals surface area contributed by atoms with Crippen molar-refractivity contribution in [1.29, 1.82) is 0 Å². The Labute approximate surface area is 168 Å². The number of nitrogens with one attached hydrogen (secondary N) is 2. The zero-order chi connectivity index (χ0) is 20.3. The van der Waals surface area contributed by atoms with Gasteiger partial charge in [-0.1, -0.05) is 12.1 Å². The first kappa shape index (κ1) is 19.8. The van der Waals surface area contributed by atoms with Crippen LogP contribution in [0, 0.1) is 17.3 Å². The molecule has 2 fully saturated rings. The van der Waals surface area contributed by atoms with Crippen LogP contribution in [0.5, 0.6) is 5.75 Å². The van der Waals surface area contributed by atoms with Crippen LogP contribution in [-0.2, 0) is 6.42 Å². The van der Waals surface area contributed by atoms with E-state index in [1.807, 2.05) is 12.1 Å². The van der Waals surface area contributed by atoms with Gasteiger partial charge in [0.05, 0.1) is 6.61 Å². The van der Waals surface area contributed by atoms with Gasteiger partial charge < -0.3 is 20.5 Å². The van der Waals surface area contributed by atoms with E-state index >= 15 is 0 Å². The Bertz CT molecular complexity index is 826. The highest BCUT2D eigenvalue weighted by molar-refractivity contribution is 5.46. The molecule has 0 spiro atoms. The van der Waals surface area contributed by atoms with Crippen LogP contribution in [0.1, 0.15) is 24.8 Å². The summed E-state index contributed by atoms with van der Waals surface area (Å²) in [5.74, 6) is 3.18. The normalized spacial score (nSPS) is 25.0. The topological polar surface area (TPSA) is 79.3 Å². The highest BCUT2D eigenvalue weighted by Crippen LogP contribution is 2.59. The van der Waals surface area contributed by atoms with Crippen LogP contribution in [0.25, 0.3) is 0 Å². The number of rotatable bonds is 10. The van der Waals surface area contributed by atoms with Crippen molar-refractivity contribution in [2.45, 2.75) is 32.3 Å². The van der Waals surface area contributed by atoms with Gasteiger partial charge in [-0.2, -0.15) is 8.78 Å². The highest BCUT2D eigenvalue weighted by atomic mass is 19.3. The Morgan fingerprint density at radius 1 is 1.14 bits per heavy atom. The number of fused-ring (bicyclic) bond motifs is 1. The first-order chi connectivity index (χ1) is 14.0. The molecule has 8 heteroatoms. The number of alkyl halides is 2. The van der Waals surface area contributed by atoms with Gasteiger partial charge in [0, 0.05) is 24.6 Å². The smallest absolute Gasteiger partial charge is 0.387 e. The largest absolute Gasteiger partial charge is 0.435 e. The van der Waals surface area contributed by atoms with Crippen molar-refractivity contribution in [2.24, 2.45) is 17.3 Å². The van der Waals surface area contributed by atoms with E-state index in [0.717, 1.165) is 36.1 Å². The Balaban J connectivity index is 1.27. The Hall–Kier alpha value is -2.48. The molecule has 0 radical (unpaired) electrons. The maximum atomic E-state index is 12.3. The lowest BCUT2D eigenvalue weighted by molar-refractivity contribution is -0.0498. The summed E-state index contributed by atoms with van der Waals surface area (Å²) >= 11 is 0. The summed E-state index contributed by atoms with van der Waals surface area (Å²) < 4.78 is 29.1. The van der Waals surface area contributed by atoms with E-state index in [9.17, 15) is 13.9 Å². The molecule has 1 heterocycles. The Morgan fingerprint density at radius 2 is 1.90 bits per heavy atom. The quantitative estimate of drug-likeness (QED) is 0.562. The van der Waals surface area contributed by atoms with E-state index in [4.69, 9.17) is 0 Å². The molecule has 2 aliphatic carbocycles. The van der Waals surface area contributed by atoms with E-state index in [2.05, 4.69) is 25.3 Å². The lowest BCUT2D eigenvalue weighted by Crippen LogP contribution is -2.32. The van der Waals surface area contributed by atoms with Crippen molar-refractivity contribution in [3.05, 3.63) is 42.2 Å². The minimum absolute atomic E-state index is 0.0303. The van der Waals surface area contributed by atoms with E-state index in [1.165, 1.54) is 18.8 Å². The molecule has 6 nitrogen and oxygen atoms in total. The fraction of sp³-hybridized carbons (Fsp3) is 0.524. The van der Waals surface area contributed by atoms with Crippen LogP contribution in [0.2, 0.25) is 0 Å². The zero-order valence-corrected chi connectivity index (χ0v) is 16.2. The van der Waals surface area contributed by atoms with Crippen LogP contribution in [0.4, 0.5) is 20.4 Å². The van der Waals surface area contributed by atoms with Crippen LogP contribution in [0.15, 0.2) is 36.7 Å². The third kappa shape index (κ3) is 5.12. The molecule has 0 aliphatic heterocycles. The molecule has 1 aromatic heterocycles. The summed E-state index contributed by atoms with van der Waals surface area (Å²) in [4.78, 5) is 8.50. The standard InChI is InChI=1S/C21H26F2N4O2/c22-20(23)29-17-3-1-2-14(6-17)4-5-24-18-8-19(27-13-26-18)25-11-21(12-28)9-15-7-16(15)10-21/h1-3,6,8,13,15-16,20,28H,4-5,7,9-12H2,(H2,24,25,26,27). The maximum Gasteiger partial charge on any atom is 0.387 e. The number of hydrogen-bond donors (Lipinski definition) is 3. The molecule has 0 bridgehead atoms. The van der Waals surface area contributed by atoms with Crippen LogP contribution in [0.3, 0.4) is 0 Å². The van der Waals surface area contributed by atoms with E-state index in [0.29, 0.717) is 25.3 Å². The van der Waals surface area contributed by atoms with Crippen LogP contribution < -0.4 is 15.4 Å². The molecule has 29 heavy (non-hydrogen) atoms. The minimum Gasteiger partial charge on any atom is -0.435 e. The third-order valence-corrected chi connectivity index (χ3v) is 5.95. The second-order valence-electron chi connectivity index (χ2n) is 8.17. The Kier molecular flexibility index (Phi) is 5.80. The molecule has 4 rings (SSSR count). The van der Waals surface area contributed by atoms with Gasteiger partial charge in [0.15, 0.2) is 0 Å². The fourth-order valence-corrected chi connectivity index (χ4v) is 4.38. The number of benzene rings is 1. The van der Waals surface area contributed by atoms with Crippen molar-refractivity contribution in [3.63, 3.8) is 0 Å². The Morgan fingerprint density at radius 3 is 2.62 bits per heavy atom. The summed E-state index contributed by atoms with van der Waals surface area (Å²) in [6, 6.07) is 8.54. The lowest BCUT2D eigenvalue weighted by Gasteiger charge is -2.29. The first-order valence-corrected chi connectivity index (χ1v) is 10.00. The van der Waals surface area contributed by atoms with Crippen molar-refractivity contribution in [1.82, 2.24) is 9.97 Å². The fourth-order valence-electron chi connectivity index (χ4n) is 4.38. The molecule has 2 unspecified atom stereocenters. The predicted octanol–water partition coefficient (Wildman–Crippen LogP) is 3.55. The molecule has 1 aromatic carbocycles. The van der Waals surface area contributed by atoms with Gasteiger partial charge in [0.25, 0.3) is 0 Å². The van der Waals surface area contributed by atoms with Crippen molar-refractivity contribution in [2.75, 3.05) is 30.3 Å². The second-order valence-corrected chi connectivity index (χ2v) is 8.17. The molecular weight excluding hydrogens is 378 g/mol. The number of halogens is 2. The van der Waals surface area contributed by atoms with Crippen molar-refractivity contribution >= 4 is 11.6 Å². The van der Waals surface area contributed by atoms with E-state index < -0.39 is 6.61 Å². The van der Waals surface area contributed by atoms with Crippen molar-refractivity contribution < 1.29 is 18.6 Å². The molecular formula is C21H26F2N4O2. The van der Waals surface area contributed by atoms with E-state index in [1.54, 1.807) is 12.1 Å². The number of anilines is 2. The summed E-state index contributed by atoms with van der Waals surface area (Å²) in [5.41, 5.74) is 0.866. The summed E-state index contributed by atoms with van der Waals surface area (Å²) in [6.45, 7) is -1.31. The molecule has 156 valence electrons. The minimum atomic E-state index is -2.82. The molecule has 2 atom stereocenters. The first-order valence-electron chi connectivity index (χ1n) is 10.00. The predicted molar refractivity (Wildman–Crippen MR) is 106 cm³/mol. The monoisotopic (exact) mass is 404 g/mol. The second kappa shape index (κ2) is 8.49. The van der Waals surface area contributed by atoms with E-state index in [-0.39, 0.29) is 17.8 Å². The molecule has 2 aromatic rings. The third-order valence-electron chi connectivity index (χ3n) is 5.95. The zero-order valence-electron chi connectivity index (χ0n) is 16.2. The van der Waals surface area contributed by atoms with Gasteiger partial charge in [0.2, 0.25) is 0 Å². The van der Waals surface area contributed by atoms with Crippen molar-refractivity contribution in [3.8, 4) is 5.75 Å². The highest BCUT2D eigenvalue weighted by Gasteiger charge is 2.53. The molecule has 0 saturated heterocycles. The maximum absolute atomic E-state index is 12.3. The summed E-state index contributed by atoms with van der Waals surface area (Å²) in [7, 11) is 0. The van der Waals surface area contributed by atoms with Crippen LogP contribution >= 0.6 is 0 Å². The average molecular weight is 404 g/mol. The molecule has 3 N–H and O–H groups in total. The molecule has 0 amide bonds. The molecule has 2 saturated carbocycles. The number of hydrogen-bond acceptors (Lipinski definition) is 6. The van der Waals surface area contributed by atoms with Gasteiger partial charge >= 0.3 is 6.61 Å². The lowest BCUT2D eigenvalue weighted by atomic mass is 9.84.